The van der Waals surface area contributed by atoms with Crippen LogP contribution in [0.25, 0.3) is 0 Å². The molecule has 0 spiro atoms. The molecule has 0 bridgehead atoms. The van der Waals surface area contributed by atoms with Crippen molar-refractivity contribution in [3.05, 3.63) is 65.2 Å². The molecule has 0 aromatic heterocycles. The maximum Gasteiger partial charge on any atom is 0.251 e. The maximum atomic E-state index is 12.9. The van der Waals surface area contributed by atoms with E-state index in [-0.39, 0.29) is 16.9 Å². The monoisotopic (exact) mass is 417 g/mol. The molecule has 29 heavy (non-hydrogen) atoms. The molecule has 2 rings (SSSR count). The lowest BCUT2D eigenvalue weighted by molar-refractivity contribution is -0.119. The smallest absolute Gasteiger partial charge is 0.251 e. The van der Waals surface area contributed by atoms with E-state index in [4.69, 9.17) is 5.73 Å². The molecular formula is C21H27N3O4S. The second-order valence-electron chi connectivity index (χ2n) is 6.69. The lowest BCUT2D eigenvalue weighted by atomic mass is 10.0. The lowest BCUT2D eigenvalue weighted by Crippen LogP contribution is -2.45. The van der Waals surface area contributed by atoms with Crippen molar-refractivity contribution in [3.8, 4) is 0 Å². The molecule has 0 saturated carbocycles. The number of nitrogens with one attached hydrogen (secondary N) is 1. The third-order valence-corrected chi connectivity index (χ3v) is 6.90. The summed E-state index contributed by atoms with van der Waals surface area (Å²) in [7, 11) is -3.72. The number of rotatable bonds is 9. The van der Waals surface area contributed by atoms with Gasteiger partial charge in [-0.2, -0.15) is 4.31 Å². The second-order valence-corrected chi connectivity index (χ2v) is 8.59. The molecule has 2 aromatic carbocycles. The highest BCUT2D eigenvalue weighted by Crippen LogP contribution is 2.21. The predicted octanol–water partition coefficient (Wildman–Crippen LogP) is 1.85. The topological polar surface area (TPSA) is 110 Å². The van der Waals surface area contributed by atoms with Crippen LogP contribution in [-0.4, -0.2) is 43.7 Å². The number of benzene rings is 2. The standard InChI is InChI=1S/C21H27N3O4S/c1-4-24(5-2)29(27,28)19-14-17(12-11-15(19)3)21(26)23-18(20(22)25)13-16-9-7-6-8-10-16/h6-12,14,18H,4-5,13H2,1-3H3,(H2,22,25)(H,23,26). The minimum atomic E-state index is -3.72. The molecule has 0 aliphatic carbocycles. The summed E-state index contributed by atoms with van der Waals surface area (Å²) in [6.45, 7) is 5.85. The Hall–Kier alpha value is -2.71. The number of nitrogens with zero attached hydrogens (tertiary/aromatic N) is 1. The Bertz CT molecular complexity index is 971. The zero-order chi connectivity index (χ0) is 21.6. The summed E-state index contributed by atoms with van der Waals surface area (Å²) in [5.74, 6) is -1.22. The van der Waals surface area contributed by atoms with Crippen molar-refractivity contribution in [1.82, 2.24) is 9.62 Å². The number of primary amides is 1. The molecular weight excluding hydrogens is 390 g/mol. The van der Waals surface area contributed by atoms with Gasteiger partial charge >= 0.3 is 0 Å². The zero-order valence-electron chi connectivity index (χ0n) is 16.9. The molecule has 1 atom stereocenters. The van der Waals surface area contributed by atoms with E-state index in [0.29, 0.717) is 18.7 Å². The number of hydrogen-bond donors (Lipinski definition) is 2. The molecule has 0 saturated heterocycles. The Morgan fingerprint density at radius 1 is 1.07 bits per heavy atom. The van der Waals surface area contributed by atoms with Crippen molar-refractivity contribution in [1.29, 1.82) is 0 Å². The fourth-order valence-corrected chi connectivity index (χ4v) is 4.74. The van der Waals surface area contributed by atoms with Crippen LogP contribution in [0.15, 0.2) is 53.4 Å². The van der Waals surface area contributed by atoms with Crippen molar-refractivity contribution in [2.45, 2.75) is 38.1 Å². The average Bonchev–Trinajstić information content (AvgIpc) is 2.69. The quantitative estimate of drug-likeness (QED) is 0.649. The highest BCUT2D eigenvalue weighted by Gasteiger charge is 2.26. The van der Waals surface area contributed by atoms with E-state index < -0.39 is 27.9 Å². The first-order valence-corrected chi connectivity index (χ1v) is 10.9. The van der Waals surface area contributed by atoms with Gasteiger partial charge in [-0.25, -0.2) is 8.42 Å². The highest BCUT2D eigenvalue weighted by atomic mass is 32.2. The van der Waals surface area contributed by atoms with Gasteiger partial charge in [0.1, 0.15) is 6.04 Å². The van der Waals surface area contributed by atoms with Gasteiger partial charge in [-0.05, 0) is 30.2 Å². The largest absolute Gasteiger partial charge is 0.368 e. The summed E-state index contributed by atoms with van der Waals surface area (Å²) in [6.07, 6.45) is 0.248. The van der Waals surface area contributed by atoms with Crippen LogP contribution in [0.4, 0.5) is 0 Å². The van der Waals surface area contributed by atoms with Crippen LogP contribution in [0.1, 0.15) is 35.3 Å². The Balaban J connectivity index is 2.29. The van der Waals surface area contributed by atoms with E-state index in [1.807, 2.05) is 30.3 Å². The average molecular weight is 418 g/mol. The van der Waals surface area contributed by atoms with Gasteiger partial charge in [0.25, 0.3) is 5.91 Å². The zero-order valence-corrected chi connectivity index (χ0v) is 17.7. The number of carbonyl (C=O) groups is 2. The first-order chi connectivity index (χ1) is 13.7. The van der Waals surface area contributed by atoms with Gasteiger partial charge in [0.2, 0.25) is 15.9 Å². The molecule has 7 nitrogen and oxygen atoms in total. The van der Waals surface area contributed by atoms with Crippen molar-refractivity contribution in [3.63, 3.8) is 0 Å². The van der Waals surface area contributed by atoms with Crippen LogP contribution in [0.3, 0.4) is 0 Å². The molecule has 0 heterocycles. The molecule has 0 aliphatic heterocycles. The maximum absolute atomic E-state index is 12.9. The van der Waals surface area contributed by atoms with Crippen molar-refractivity contribution in [2.24, 2.45) is 5.73 Å². The minimum absolute atomic E-state index is 0.0764. The molecule has 0 fully saturated rings. The number of hydrogen-bond acceptors (Lipinski definition) is 4. The summed E-state index contributed by atoms with van der Waals surface area (Å²) in [6, 6.07) is 12.7. The van der Waals surface area contributed by atoms with Crippen LogP contribution in [0.5, 0.6) is 0 Å². The van der Waals surface area contributed by atoms with Gasteiger partial charge in [-0.1, -0.05) is 50.2 Å². The van der Waals surface area contributed by atoms with E-state index in [1.54, 1.807) is 26.8 Å². The Morgan fingerprint density at radius 3 is 2.24 bits per heavy atom. The number of carbonyl (C=O) groups excluding carboxylic acids is 2. The predicted molar refractivity (Wildman–Crippen MR) is 112 cm³/mol. The molecule has 3 N–H and O–H groups in total. The molecule has 0 aliphatic rings. The third-order valence-electron chi connectivity index (χ3n) is 4.70. The summed E-state index contributed by atoms with van der Waals surface area (Å²) >= 11 is 0. The fraction of sp³-hybridized carbons (Fsp3) is 0.333. The molecule has 2 amide bonds. The summed E-state index contributed by atoms with van der Waals surface area (Å²) in [5, 5.41) is 2.61. The van der Waals surface area contributed by atoms with E-state index >= 15 is 0 Å². The first kappa shape index (κ1) is 22.6. The van der Waals surface area contributed by atoms with Crippen molar-refractivity contribution < 1.29 is 18.0 Å². The van der Waals surface area contributed by atoms with Crippen LogP contribution in [0, 0.1) is 6.92 Å². The Morgan fingerprint density at radius 2 is 1.69 bits per heavy atom. The summed E-state index contributed by atoms with van der Waals surface area (Å²) < 4.78 is 27.1. The lowest BCUT2D eigenvalue weighted by Gasteiger charge is -2.20. The number of aryl methyl sites for hydroxylation is 1. The number of sulfonamides is 1. The van der Waals surface area contributed by atoms with Gasteiger partial charge in [0.15, 0.2) is 0 Å². The van der Waals surface area contributed by atoms with Gasteiger partial charge < -0.3 is 11.1 Å². The van der Waals surface area contributed by atoms with E-state index in [2.05, 4.69) is 5.32 Å². The SMILES string of the molecule is CCN(CC)S(=O)(=O)c1cc(C(=O)NC(Cc2ccccc2)C(N)=O)ccc1C. The van der Waals surface area contributed by atoms with Crippen LogP contribution < -0.4 is 11.1 Å². The number of amides is 2. The van der Waals surface area contributed by atoms with Crippen molar-refractivity contribution >= 4 is 21.8 Å². The van der Waals surface area contributed by atoms with E-state index in [1.165, 1.54) is 16.4 Å². The molecule has 0 radical (unpaired) electrons. The van der Waals surface area contributed by atoms with Crippen molar-refractivity contribution in [2.75, 3.05) is 13.1 Å². The second kappa shape index (κ2) is 9.67. The molecule has 8 heteroatoms. The third kappa shape index (κ3) is 5.42. The van der Waals surface area contributed by atoms with E-state index in [0.717, 1.165) is 5.56 Å². The number of nitrogens with two attached hydrogens (primary N) is 1. The van der Waals surface area contributed by atoms with Gasteiger partial charge in [0.05, 0.1) is 4.90 Å². The summed E-state index contributed by atoms with van der Waals surface area (Å²) in [5.41, 5.74) is 7.00. The van der Waals surface area contributed by atoms with Gasteiger partial charge in [-0.15, -0.1) is 0 Å². The Kier molecular flexibility index (Phi) is 7.53. The summed E-state index contributed by atoms with van der Waals surface area (Å²) in [4.78, 5) is 24.6. The van der Waals surface area contributed by atoms with Crippen LogP contribution >= 0.6 is 0 Å². The minimum Gasteiger partial charge on any atom is -0.368 e. The van der Waals surface area contributed by atoms with Gasteiger partial charge in [0, 0.05) is 25.1 Å². The molecule has 156 valence electrons. The molecule has 1 unspecified atom stereocenters. The van der Waals surface area contributed by atoms with Crippen LogP contribution in [0.2, 0.25) is 0 Å². The van der Waals surface area contributed by atoms with Crippen LogP contribution in [-0.2, 0) is 21.2 Å². The van der Waals surface area contributed by atoms with Gasteiger partial charge in [-0.3, -0.25) is 9.59 Å². The first-order valence-electron chi connectivity index (χ1n) is 9.45. The fourth-order valence-electron chi connectivity index (χ4n) is 3.04. The molecule has 2 aromatic rings. The highest BCUT2D eigenvalue weighted by molar-refractivity contribution is 7.89. The normalized spacial score (nSPS) is 12.6. The van der Waals surface area contributed by atoms with E-state index in [9.17, 15) is 18.0 Å². The Labute approximate surface area is 172 Å².